The van der Waals surface area contributed by atoms with Gasteiger partial charge < -0.3 is 14.6 Å². The maximum absolute atomic E-state index is 9.84. The Balaban J connectivity index is 1.83. The molecular formula is C21H22N4O. The van der Waals surface area contributed by atoms with E-state index in [2.05, 4.69) is 21.6 Å². The summed E-state index contributed by atoms with van der Waals surface area (Å²) in [6.07, 6.45) is 3.22. The first-order valence-corrected chi connectivity index (χ1v) is 9.12. The smallest absolute Gasteiger partial charge is 0.207 e. The Labute approximate surface area is 153 Å². The van der Waals surface area contributed by atoms with Crippen molar-refractivity contribution in [2.24, 2.45) is 0 Å². The van der Waals surface area contributed by atoms with Gasteiger partial charge in [-0.15, -0.1) is 0 Å². The third-order valence-corrected chi connectivity index (χ3v) is 5.20. The number of aliphatic hydroxyl groups excluding tert-OH is 1. The van der Waals surface area contributed by atoms with Crippen LogP contribution in [0.1, 0.15) is 30.4 Å². The molecule has 1 aromatic heterocycles. The third-order valence-electron chi connectivity index (χ3n) is 5.20. The van der Waals surface area contributed by atoms with Crippen LogP contribution in [-0.2, 0) is 6.54 Å². The molecule has 4 rings (SSSR count). The molecule has 1 aliphatic heterocycles. The van der Waals surface area contributed by atoms with Gasteiger partial charge in [0.1, 0.15) is 0 Å². The Hall–Kier alpha value is -2.84. The van der Waals surface area contributed by atoms with E-state index in [1.54, 1.807) is 0 Å². The number of imidazole rings is 1. The van der Waals surface area contributed by atoms with E-state index in [1.165, 1.54) is 0 Å². The largest absolute Gasteiger partial charge is 0.394 e. The van der Waals surface area contributed by atoms with E-state index in [0.29, 0.717) is 12.1 Å². The van der Waals surface area contributed by atoms with E-state index in [0.717, 1.165) is 48.4 Å². The molecule has 1 unspecified atom stereocenters. The minimum absolute atomic E-state index is 0.102. The molecular weight excluding hydrogens is 324 g/mol. The van der Waals surface area contributed by atoms with Crippen molar-refractivity contribution in [1.29, 1.82) is 5.26 Å². The van der Waals surface area contributed by atoms with Crippen LogP contribution in [-0.4, -0.2) is 33.9 Å². The van der Waals surface area contributed by atoms with Crippen LogP contribution < -0.4 is 4.90 Å². The summed E-state index contributed by atoms with van der Waals surface area (Å²) in [5.41, 5.74) is 3.67. The molecule has 0 bridgehead atoms. The van der Waals surface area contributed by atoms with Crippen molar-refractivity contribution >= 4 is 17.0 Å². The van der Waals surface area contributed by atoms with Gasteiger partial charge in [-0.05, 0) is 43.0 Å². The molecule has 0 spiro atoms. The van der Waals surface area contributed by atoms with Gasteiger partial charge in [0.05, 0.1) is 41.9 Å². The molecule has 1 atom stereocenters. The highest BCUT2D eigenvalue weighted by atomic mass is 16.3. The fraction of sp³-hybridized carbons (Fsp3) is 0.333. The Morgan fingerprint density at radius 1 is 1.12 bits per heavy atom. The average molecular weight is 346 g/mol. The number of anilines is 1. The zero-order valence-electron chi connectivity index (χ0n) is 14.7. The van der Waals surface area contributed by atoms with Gasteiger partial charge in [-0.1, -0.05) is 30.3 Å². The zero-order valence-corrected chi connectivity index (χ0v) is 14.7. The van der Waals surface area contributed by atoms with Gasteiger partial charge in [0.2, 0.25) is 5.95 Å². The molecule has 0 saturated carbocycles. The summed E-state index contributed by atoms with van der Waals surface area (Å²) in [7, 11) is 0. The second kappa shape index (κ2) is 7.19. The van der Waals surface area contributed by atoms with Crippen molar-refractivity contribution in [1.82, 2.24) is 9.55 Å². The SMILES string of the molecule is N#Cc1ccccc1Cn1c(N2CCCCC2CO)nc2ccccc21. The molecule has 0 aliphatic carbocycles. The first-order chi connectivity index (χ1) is 12.8. The fourth-order valence-corrected chi connectivity index (χ4v) is 3.83. The monoisotopic (exact) mass is 346 g/mol. The molecule has 2 aromatic carbocycles. The Kier molecular flexibility index (Phi) is 4.59. The zero-order chi connectivity index (χ0) is 17.9. The lowest BCUT2D eigenvalue weighted by molar-refractivity contribution is 0.238. The molecule has 132 valence electrons. The number of fused-ring (bicyclic) bond motifs is 1. The Morgan fingerprint density at radius 2 is 1.92 bits per heavy atom. The van der Waals surface area contributed by atoms with Gasteiger partial charge in [0.25, 0.3) is 0 Å². The van der Waals surface area contributed by atoms with Crippen LogP contribution in [0.2, 0.25) is 0 Å². The number of para-hydroxylation sites is 2. The summed E-state index contributed by atoms with van der Waals surface area (Å²) in [6.45, 7) is 1.63. The van der Waals surface area contributed by atoms with E-state index in [1.807, 2.05) is 42.5 Å². The summed E-state index contributed by atoms with van der Waals surface area (Å²) in [5.74, 6) is 0.887. The molecule has 1 saturated heterocycles. The van der Waals surface area contributed by atoms with Gasteiger partial charge in [-0.2, -0.15) is 5.26 Å². The van der Waals surface area contributed by atoms with Crippen molar-refractivity contribution in [3.8, 4) is 6.07 Å². The Morgan fingerprint density at radius 3 is 2.77 bits per heavy atom. The van der Waals surface area contributed by atoms with Gasteiger partial charge in [-0.3, -0.25) is 0 Å². The quantitative estimate of drug-likeness (QED) is 0.787. The van der Waals surface area contributed by atoms with Gasteiger partial charge in [0, 0.05) is 6.54 Å². The van der Waals surface area contributed by atoms with Gasteiger partial charge in [0.15, 0.2) is 0 Å². The lowest BCUT2D eigenvalue weighted by atomic mass is 10.0. The van der Waals surface area contributed by atoms with Crippen molar-refractivity contribution in [3.05, 3.63) is 59.7 Å². The lowest BCUT2D eigenvalue weighted by Gasteiger charge is -2.35. The summed E-state index contributed by atoms with van der Waals surface area (Å²) >= 11 is 0. The maximum atomic E-state index is 9.84. The predicted molar refractivity (Wildman–Crippen MR) is 102 cm³/mol. The number of nitriles is 1. The van der Waals surface area contributed by atoms with Gasteiger partial charge in [-0.25, -0.2) is 4.98 Å². The second-order valence-corrected chi connectivity index (χ2v) is 6.78. The molecule has 5 heteroatoms. The number of nitrogens with zero attached hydrogens (tertiary/aromatic N) is 4. The second-order valence-electron chi connectivity index (χ2n) is 6.78. The van der Waals surface area contributed by atoms with Crippen molar-refractivity contribution < 1.29 is 5.11 Å². The minimum atomic E-state index is 0.102. The third kappa shape index (κ3) is 2.93. The van der Waals surface area contributed by atoms with Crippen molar-refractivity contribution in [2.45, 2.75) is 31.8 Å². The Bertz CT molecular complexity index is 956. The van der Waals surface area contributed by atoms with Crippen LogP contribution in [0.25, 0.3) is 11.0 Å². The first-order valence-electron chi connectivity index (χ1n) is 9.12. The lowest BCUT2D eigenvalue weighted by Crippen LogP contribution is -2.43. The molecule has 2 heterocycles. The molecule has 1 fully saturated rings. The highest BCUT2D eigenvalue weighted by molar-refractivity contribution is 5.79. The number of aliphatic hydroxyl groups is 1. The van der Waals surface area contributed by atoms with E-state index in [4.69, 9.17) is 4.98 Å². The molecule has 1 N–H and O–H groups in total. The number of benzene rings is 2. The van der Waals surface area contributed by atoms with Crippen LogP contribution >= 0.6 is 0 Å². The van der Waals surface area contributed by atoms with E-state index < -0.39 is 0 Å². The number of hydrogen-bond donors (Lipinski definition) is 1. The minimum Gasteiger partial charge on any atom is -0.394 e. The van der Waals surface area contributed by atoms with Crippen LogP contribution in [0.15, 0.2) is 48.5 Å². The van der Waals surface area contributed by atoms with E-state index >= 15 is 0 Å². The van der Waals surface area contributed by atoms with E-state index in [-0.39, 0.29) is 12.6 Å². The number of rotatable bonds is 4. The number of aromatic nitrogens is 2. The summed E-state index contributed by atoms with van der Waals surface area (Å²) in [5, 5.41) is 19.3. The summed E-state index contributed by atoms with van der Waals surface area (Å²) in [4.78, 5) is 7.12. The standard InChI is InChI=1S/C21H22N4O/c22-13-16-7-1-2-8-17(16)14-25-20-11-4-3-10-19(20)23-21(25)24-12-6-5-9-18(24)15-26/h1-4,7-8,10-11,18,26H,5-6,9,12,14-15H2. The molecule has 0 radical (unpaired) electrons. The van der Waals surface area contributed by atoms with Crippen LogP contribution in [0.5, 0.6) is 0 Å². The van der Waals surface area contributed by atoms with Crippen LogP contribution in [0.3, 0.4) is 0 Å². The van der Waals surface area contributed by atoms with E-state index in [9.17, 15) is 10.4 Å². The van der Waals surface area contributed by atoms with Crippen molar-refractivity contribution in [2.75, 3.05) is 18.1 Å². The highest BCUT2D eigenvalue weighted by Crippen LogP contribution is 2.29. The molecule has 5 nitrogen and oxygen atoms in total. The molecule has 3 aromatic rings. The first kappa shape index (κ1) is 16.6. The normalized spacial score (nSPS) is 17.4. The highest BCUT2D eigenvalue weighted by Gasteiger charge is 2.26. The van der Waals surface area contributed by atoms with Crippen molar-refractivity contribution in [3.63, 3.8) is 0 Å². The fourth-order valence-electron chi connectivity index (χ4n) is 3.83. The molecule has 26 heavy (non-hydrogen) atoms. The van der Waals surface area contributed by atoms with Gasteiger partial charge >= 0.3 is 0 Å². The maximum Gasteiger partial charge on any atom is 0.207 e. The number of hydrogen-bond acceptors (Lipinski definition) is 4. The summed E-state index contributed by atoms with van der Waals surface area (Å²) < 4.78 is 2.18. The topological polar surface area (TPSA) is 65.1 Å². The summed E-state index contributed by atoms with van der Waals surface area (Å²) in [6, 6.07) is 18.2. The predicted octanol–water partition coefficient (Wildman–Crippen LogP) is 3.31. The molecule has 0 amide bonds. The van der Waals surface area contributed by atoms with Crippen LogP contribution in [0, 0.1) is 11.3 Å². The molecule has 1 aliphatic rings. The number of piperidine rings is 1. The average Bonchev–Trinajstić information content (AvgIpc) is 3.06. The van der Waals surface area contributed by atoms with Crippen LogP contribution in [0.4, 0.5) is 5.95 Å².